The number of aryl methyl sites for hydroxylation is 1. The van der Waals surface area contributed by atoms with Gasteiger partial charge in [0.1, 0.15) is 12.0 Å². The van der Waals surface area contributed by atoms with Gasteiger partial charge >= 0.3 is 0 Å². The number of rotatable bonds is 9. The average molecular weight is 577 g/mol. The molecule has 5 rings (SSSR count). The predicted octanol–water partition coefficient (Wildman–Crippen LogP) is 6.17. The molecule has 0 radical (unpaired) electrons. The van der Waals surface area contributed by atoms with Gasteiger partial charge in [-0.1, -0.05) is 37.3 Å². The van der Waals surface area contributed by atoms with Crippen molar-refractivity contribution in [2.75, 3.05) is 33.1 Å². The maximum absolute atomic E-state index is 14.6. The van der Waals surface area contributed by atoms with Crippen molar-refractivity contribution in [1.29, 1.82) is 0 Å². The van der Waals surface area contributed by atoms with E-state index in [1.807, 2.05) is 26.1 Å². The molecule has 1 aliphatic rings. The third-order valence-corrected chi connectivity index (χ3v) is 6.71. The average Bonchev–Trinajstić information content (AvgIpc) is 3.48. The SMILES string of the molecule is CCc1cc(Nc2nccn3c(C4=C(F)C(F)=C(OC)CC4)cnc23)ccc1C=O.CN.CNCCc1ccccc1. The Morgan fingerprint density at radius 3 is 2.50 bits per heavy atom. The molecular weight excluding hydrogens is 538 g/mol. The van der Waals surface area contributed by atoms with Gasteiger partial charge in [0.15, 0.2) is 23.1 Å². The molecule has 2 aromatic carbocycles. The van der Waals surface area contributed by atoms with Gasteiger partial charge in [-0.3, -0.25) is 9.20 Å². The number of nitrogens with zero attached hydrogens (tertiary/aromatic N) is 3. The first-order chi connectivity index (χ1) is 20.5. The number of carbonyl (C=O) groups excluding carboxylic acids is 1. The number of carbonyl (C=O) groups is 1. The summed E-state index contributed by atoms with van der Waals surface area (Å²) in [4.78, 5) is 19.9. The number of likely N-dealkylation sites (N-methyl/N-ethyl adjacent to an activating group) is 1. The van der Waals surface area contributed by atoms with Crippen LogP contribution in [0.3, 0.4) is 0 Å². The molecule has 4 aromatic rings. The Morgan fingerprint density at radius 1 is 1.07 bits per heavy atom. The maximum Gasteiger partial charge on any atom is 0.196 e. The lowest BCUT2D eigenvalue weighted by Crippen LogP contribution is -2.09. The second-order valence-corrected chi connectivity index (χ2v) is 9.20. The van der Waals surface area contributed by atoms with Crippen LogP contribution in [0.15, 0.2) is 84.5 Å². The van der Waals surface area contributed by atoms with Gasteiger partial charge < -0.3 is 21.1 Å². The van der Waals surface area contributed by atoms with Crippen LogP contribution in [0.5, 0.6) is 0 Å². The van der Waals surface area contributed by atoms with Crippen LogP contribution < -0.4 is 16.4 Å². The van der Waals surface area contributed by atoms with Crippen LogP contribution in [-0.2, 0) is 17.6 Å². The van der Waals surface area contributed by atoms with Crippen molar-refractivity contribution in [2.24, 2.45) is 5.73 Å². The summed E-state index contributed by atoms with van der Waals surface area (Å²) in [6.07, 6.45) is 7.97. The highest BCUT2D eigenvalue weighted by molar-refractivity contribution is 5.80. The number of benzene rings is 2. The van der Waals surface area contributed by atoms with Crippen molar-refractivity contribution in [3.63, 3.8) is 0 Å². The van der Waals surface area contributed by atoms with Crippen LogP contribution in [0.4, 0.5) is 20.3 Å². The molecular formula is C32H38F2N6O2. The molecule has 0 saturated heterocycles. The largest absolute Gasteiger partial charge is 0.498 e. The second kappa shape index (κ2) is 16.1. The molecule has 1 aliphatic carbocycles. The number of hydrogen-bond donors (Lipinski definition) is 3. The number of halogens is 2. The molecule has 4 N–H and O–H groups in total. The number of ether oxygens (including phenoxy) is 1. The maximum atomic E-state index is 14.6. The Morgan fingerprint density at radius 2 is 1.83 bits per heavy atom. The van der Waals surface area contributed by atoms with E-state index in [9.17, 15) is 13.6 Å². The van der Waals surface area contributed by atoms with Crippen molar-refractivity contribution in [2.45, 2.75) is 32.6 Å². The zero-order valence-electron chi connectivity index (χ0n) is 24.5. The number of hydrogen-bond acceptors (Lipinski definition) is 7. The van der Waals surface area contributed by atoms with Gasteiger partial charge in [0.05, 0.1) is 19.0 Å². The van der Waals surface area contributed by atoms with E-state index in [-0.39, 0.29) is 17.8 Å². The monoisotopic (exact) mass is 576 g/mol. The van der Waals surface area contributed by atoms with Crippen LogP contribution >= 0.6 is 0 Å². The smallest absolute Gasteiger partial charge is 0.196 e. The Balaban J connectivity index is 0.000000340. The van der Waals surface area contributed by atoms with E-state index in [0.717, 1.165) is 30.5 Å². The third kappa shape index (κ3) is 7.65. The molecule has 0 bridgehead atoms. The van der Waals surface area contributed by atoms with Gasteiger partial charge in [0.25, 0.3) is 0 Å². The lowest BCUT2D eigenvalue weighted by Gasteiger charge is -2.17. The zero-order chi connectivity index (χ0) is 30.5. The van der Waals surface area contributed by atoms with Gasteiger partial charge in [0.2, 0.25) is 0 Å². The fraction of sp³-hybridized carbons (Fsp3) is 0.281. The van der Waals surface area contributed by atoms with Crippen LogP contribution in [0.25, 0.3) is 11.2 Å². The highest BCUT2D eigenvalue weighted by Crippen LogP contribution is 2.38. The number of allylic oxidation sites excluding steroid dienone is 4. The molecule has 0 saturated carbocycles. The number of methoxy groups -OCH3 is 1. The molecule has 0 amide bonds. The second-order valence-electron chi connectivity index (χ2n) is 9.20. The number of anilines is 2. The molecule has 2 aromatic heterocycles. The summed E-state index contributed by atoms with van der Waals surface area (Å²) in [5.74, 6) is -1.42. The molecule has 222 valence electrons. The first-order valence-corrected chi connectivity index (χ1v) is 13.8. The Bertz CT molecular complexity index is 1530. The van der Waals surface area contributed by atoms with E-state index in [1.165, 1.54) is 25.9 Å². The van der Waals surface area contributed by atoms with Gasteiger partial charge in [-0.2, -0.15) is 0 Å². The molecule has 0 fully saturated rings. The summed E-state index contributed by atoms with van der Waals surface area (Å²) in [6.45, 7) is 3.03. The van der Waals surface area contributed by atoms with E-state index < -0.39 is 11.7 Å². The molecule has 0 unspecified atom stereocenters. The molecule has 2 heterocycles. The number of nitrogens with two attached hydrogens (primary N) is 1. The normalized spacial score (nSPS) is 12.7. The van der Waals surface area contributed by atoms with Gasteiger partial charge in [-0.05, 0) is 69.2 Å². The number of fused-ring (bicyclic) bond motifs is 1. The summed E-state index contributed by atoms with van der Waals surface area (Å²) < 4.78 is 35.5. The van der Waals surface area contributed by atoms with E-state index in [1.54, 1.807) is 28.9 Å². The van der Waals surface area contributed by atoms with Gasteiger partial charge in [-0.25, -0.2) is 18.7 Å². The van der Waals surface area contributed by atoms with Crippen molar-refractivity contribution >= 4 is 29.0 Å². The standard InChI is InChI=1S/C22H20F2N4O2.C9H13N.CH5N/c1-3-13-10-15(5-4-14(13)12-29)27-21-22-26-11-17(28(22)9-8-25-21)16-6-7-18(30-2)20(24)19(16)23;1-10-8-7-9-5-3-2-4-6-9;1-2/h4-5,8-12H,3,6-7H2,1-2H3,(H,25,27);2-6,10H,7-8H2,1H3;2H2,1H3. The molecule has 8 nitrogen and oxygen atoms in total. The topological polar surface area (TPSA) is 107 Å². The van der Waals surface area contributed by atoms with Crippen molar-refractivity contribution in [3.8, 4) is 0 Å². The summed E-state index contributed by atoms with van der Waals surface area (Å²) in [7, 11) is 4.81. The molecule has 10 heteroatoms. The lowest BCUT2D eigenvalue weighted by atomic mass is 9.99. The Labute approximate surface area is 245 Å². The Kier molecular flexibility index (Phi) is 12.3. The highest BCUT2D eigenvalue weighted by Gasteiger charge is 2.26. The fourth-order valence-electron chi connectivity index (χ4n) is 4.53. The zero-order valence-corrected chi connectivity index (χ0v) is 24.5. The van der Waals surface area contributed by atoms with Crippen molar-refractivity contribution < 1.29 is 18.3 Å². The molecule has 42 heavy (non-hydrogen) atoms. The van der Waals surface area contributed by atoms with Crippen molar-refractivity contribution in [1.82, 2.24) is 19.7 Å². The summed E-state index contributed by atoms with van der Waals surface area (Å²) in [6, 6.07) is 15.9. The fourth-order valence-corrected chi connectivity index (χ4v) is 4.53. The first kappa shape index (κ1) is 32.1. The minimum absolute atomic E-state index is 0.0135. The van der Waals surface area contributed by atoms with Crippen LogP contribution in [0, 0.1) is 0 Å². The van der Waals surface area contributed by atoms with Crippen LogP contribution in [0.2, 0.25) is 0 Å². The summed E-state index contributed by atoms with van der Waals surface area (Å²) in [5, 5.41) is 6.32. The highest BCUT2D eigenvalue weighted by atomic mass is 19.2. The molecule has 0 aliphatic heterocycles. The quantitative estimate of drug-likeness (QED) is 0.205. The predicted molar refractivity (Wildman–Crippen MR) is 164 cm³/mol. The van der Waals surface area contributed by atoms with Crippen molar-refractivity contribution in [3.05, 3.63) is 107 Å². The van der Waals surface area contributed by atoms with E-state index in [0.29, 0.717) is 35.6 Å². The number of nitrogens with one attached hydrogen (secondary N) is 2. The van der Waals surface area contributed by atoms with E-state index >= 15 is 0 Å². The number of aldehydes is 1. The van der Waals surface area contributed by atoms with Gasteiger partial charge in [-0.15, -0.1) is 0 Å². The Hall–Kier alpha value is -4.41. The number of aromatic nitrogens is 3. The summed E-state index contributed by atoms with van der Waals surface area (Å²) >= 11 is 0. The van der Waals surface area contributed by atoms with E-state index in [2.05, 4.69) is 50.6 Å². The third-order valence-electron chi connectivity index (χ3n) is 6.71. The minimum Gasteiger partial charge on any atom is -0.498 e. The first-order valence-electron chi connectivity index (χ1n) is 13.8. The van der Waals surface area contributed by atoms with Gasteiger partial charge in [0, 0.05) is 35.6 Å². The van der Waals surface area contributed by atoms with Crippen LogP contribution in [-0.4, -0.2) is 48.4 Å². The summed E-state index contributed by atoms with van der Waals surface area (Å²) in [5.41, 5.74) is 9.39. The molecule has 0 atom stereocenters. The minimum atomic E-state index is -0.969. The van der Waals surface area contributed by atoms with E-state index in [4.69, 9.17) is 4.74 Å². The number of imidazole rings is 1. The lowest BCUT2D eigenvalue weighted by molar-refractivity contribution is 0.112. The molecule has 0 spiro atoms. The van der Waals surface area contributed by atoms with Crippen LogP contribution in [0.1, 0.15) is 46.9 Å².